The van der Waals surface area contributed by atoms with Crippen LogP contribution in [0.2, 0.25) is 0 Å². The molecule has 0 saturated heterocycles. The van der Waals surface area contributed by atoms with Crippen LogP contribution in [0.5, 0.6) is 0 Å². The van der Waals surface area contributed by atoms with E-state index < -0.39 is 0 Å². The summed E-state index contributed by atoms with van der Waals surface area (Å²) in [7, 11) is 1.95. The van der Waals surface area contributed by atoms with Crippen LogP contribution in [0.25, 0.3) is 5.57 Å². The monoisotopic (exact) mass is 446 g/mol. The number of carbonyl (C=O) groups is 2. The predicted molar refractivity (Wildman–Crippen MR) is 129 cm³/mol. The number of hydrogen-bond donors (Lipinski definition) is 1. The van der Waals surface area contributed by atoms with Crippen molar-refractivity contribution < 1.29 is 9.59 Å². The highest BCUT2D eigenvalue weighted by Crippen LogP contribution is 2.33. The van der Waals surface area contributed by atoms with E-state index in [1.54, 1.807) is 6.20 Å². The maximum absolute atomic E-state index is 13.5. The standard InChI is InChI=1S/C25H30N6O2/c1-3-26-25-27-16-21-22(28-25)29(2)13-14-31(24(21)33)20-6-4-5-19(15-20)17-9-11-30(12-10-17)23(32)18-7-8-18/h4-6,9,15-16,18H,3,7-8,10-14H2,1-2H3,(H,26,27,28). The second-order valence-corrected chi connectivity index (χ2v) is 8.93. The van der Waals surface area contributed by atoms with Crippen LogP contribution in [0, 0.1) is 5.92 Å². The summed E-state index contributed by atoms with van der Waals surface area (Å²) in [5.74, 6) is 1.66. The van der Waals surface area contributed by atoms with E-state index in [4.69, 9.17) is 0 Å². The predicted octanol–water partition coefficient (Wildman–Crippen LogP) is 3.03. The van der Waals surface area contributed by atoms with Gasteiger partial charge in [-0.2, -0.15) is 4.98 Å². The molecule has 3 aliphatic rings. The molecule has 8 nitrogen and oxygen atoms in total. The van der Waals surface area contributed by atoms with Crippen molar-refractivity contribution in [2.75, 3.05) is 54.9 Å². The van der Waals surface area contributed by atoms with Crippen molar-refractivity contribution in [2.24, 2.45) is 5.92 Å². The molecule has 1 aromatic carbocycles. The molecule has 1 aliphatic carbocycles. The Morgan fingerprint density at radius 1 is 1.21 bits per heavy atom. The normalized spacial score (nSPS) is 18.5. The average molecular weight is 447 g/mol. The highest BCUT2D eigenvalue weighted by molar-refractivity contribution is 6.09. The summed E-state index contributed by atoms with van der Waals surface area (Å²) in [6, 6.07) is 8.15. The summed E-state index contributed by atoms with van der Waals surface area (Å²) in [6.45, 7) is 5.38. The van der Waals surface area contributed by atoms with E-state index in [1.165, 1.54) is 5.57 Å². The van der Waals surface area contributed by atoms with E-state index in [2.05, 4.69) is 33.5 Å². The molecule has 0 unspecified atom stereocenters. The molecule has 0 spiro atoms. The molecule has 33 heavy (non-hydrogen) atoms. The Hall–Kier alpha value is -3.42. The SMILES string of the molecule is CCNc1ncc2c(n1)N(C)CCN(c1cccc(C3=CCN(C(=O)C4CC4)CC3)c1)C2=O. The fraction of sp³-hybridized carbons (Fsp3) is 0.440. The molecule has 1 aromatic heterocycles. The van der Waals surface area contributed by atoms with Crippen LogP contribution in [-0.4, -0.2) is 66.5 Å². The molecule has 2 amide bonds. The Morgan fingerprint density at radius 2 is 2.06 bits per heavy atom. The number of aromatic nitrogens is 2. The summed E-state index contributed by atoms with van der Waals surface area (Å²) in [5.41, 5.74) is 3.71. The van der Waals surface area contributed by atoms with E-state index in [1.807, 2.05) is 40.8 Å². The van der Waals surface area contributed by atoms with Crippen molar-refractivity contribution >= 4 is 34.8 Å². The summed E-state index contributed by atoms with van der Waals surface area (Å²) in [4.78, 5) is 40.5. The van der Waals surface area contributed by atoms with Crippen molar-refractivity contribution in [2.45, 2.75) is 26.2 Å². The van der Waals surface area contributed by atoms with Gasteiger partial charge in [-0.1, -0.05) is 18.2 Å². The number of carbonyl (C=O) groups excluding carboxylic acids is 2. The zero-order valence-electron chi connectivity index (χ0n) is 19.3. The van der Waals surface area contributed by atoms with Crippen LogP contribution >= 0.6 is 0 Å². The Morgan fingerprint density at radius 3 is 2.79 bits per heavy atom. The molecule has 3 heterocycles. The third-order valence-corrected chi connectivity index (χ3v) is 6.58. The molecule has 5 rings (SSSR count). The summed E-state index contributed by atoms with van der Waals surface area (Å²) >= 11 is 0. The van der Waals surface area contributed by atoms with E-state index in [-0.39, 0.29) is 11.8 Å². The number of hydrogen-bond acceptors (Lipinski definition) is 6. The first kappa shape index (κ1) is 21.4. The number of benzene rings is 1. The Kier molecular flexibility index (Phi) is 5.74. The van der Waals surface area contributed by atoms with Crippen molar-refractivity contribution in [1.29, 1.82) is 0 Å². The summed E-state index contributed by atoms with van der Waals surface area (Å²) < 4.78 is 0. The van der Waals surface area contributed by atoms with Gasteiger partial charge < -0.3 is 20.0 Å². The van der Waals surface area contributed by atoms with E-state index in [0.29, 0.717) is 42.9 Å². The third-order valence-electron chi connectivity index (χ3n) is 6.58. The van der Waals surface area contributed by atoms with Crippen LogP contribution in [-0.2, 0) is 4.79 Å². The first-order chi connectivity index (χ1) is 16.0. The number of nitrogens with one attached hydrogen (secondary N) is 1. The maximum Gasteiger partial charge on any atom is 0.263 e. The quantitative estimate of drug-likeness (QED) is 0.760. The first-order valence-electron chi connectivity index (χ1n) is 11.8. The Balaban J connectivity index is 1.38. The van der Waals surface area contributed by atoms with E-state index in [0.717, 1.165) is 43.6 Å². The molecule has 0 atom stereocenters. The fourth-order valence-corrected chi connectivity index (χ4v) is 4.50. The van der Waals surface area contributed by atoms with Crippen LogP contribution in [0.1, 0.15) is 42.1 Å². The smallest absolute Gasteiger partial charge is 0.263 e. The van der Waals surface area contributed by atoms with Crippen molar-refractivity contribution in [1.82, 2.24) is 14.9 Å². The minimum atomic E-state index is -0.0895. The molecular weight excluding hydrogens is 416 g/mol. The maximum atomic E-state index is 13.5. The Labute approximate surface area is 194 Å². The number of likely N-dealkylation sites (N-methyl/N-ethyl adjacent to an activating group) is 1. The molecular formula is C25H30N6O2. The first-order valence-corrected chi connectivity index (χ1v) is 11.8. The zero-order chi connectivity index (χ0) is 22.9. The molecule has 8 heteroatoms. The van der Waals surface area contributed by atoms with Gasteiger partial charge in [0.25, 0.3) is 5.91 Å². The second-order valence-electron chi connectivity index (χ2n) is 8.93. The molecule has 172 valence electrons. The van der Waals surface area contributed by atoms with Gasteiger partial charge in [0.15, 0.2) is 0 Å². The van der Waals surface area contributed by atoms with Gasteiger partial charge in [0.05, 0.1) is 0 Å². The molecule has 1 fully saturated rings. The number of amides is 2. The van der Waals surface area contributed by atoms with Gasteiger partial charge >= 0.3 is 0 Å². The topological polar surface area (TPSA) is 81.7 Å². The number of anilines is 3. The van der Waals surface area contributed by atoms with Gasteiger partial charge in [-0.15, -0.1) is 0 Å². The lowest BCUT2D eigenvalue weighted by Crippen LogP contribution is -2.35. The number of rotatable bonds is 5. The van der Waals surface area contributed by atoms with Crippen molar-refractivity contribution in [3.63, 3.8) is 0 Å². The van der Waals surface area contributed by atoms with Gasteiger partial charge in [0.2, 0.25) is 11.9 Å². The third kappa shape index (κ3) is 4.29. The Bertz CT molecular complexity index is 1110. The minimum absolute atomic E-state index is 0.0895. The molecule has 2 aliphatic heterocycles. The van der Waals surface area contributed by atoms with Crippen LogP contribution in [0.15, 0.2) is 36.5 Å². The number of nitrogens with zero attached hydrogens (tertiary/aromatic N) is 5. The molecule has 1 saturated carbocycles. The van der Waals surface area contributed by atoms with Crippen LogP contribution in [0.3, 0.4) is 0 Å². The average Bonchev–Trinajstić information content (AvgIpc) is 3.70. The lowest BCUT2D eigenvalue weighted by atomic mass is 9.98. The highest BCUT2D eigenvalue weighted by Gasteiger charge is 2.34. The van der Waals surface area contributed by atoms with E-state index in [9.17, 15) is 9.59 Å². The largest absolute Gasteiger partial charge is 0.357 e. The molecule has 0 radical (unpaired) electrons. The van der Waals surface area contributed by atoms with Gasteiger partial charge in [0.1, 0.15) is 11.4 Å². The summed E-state index contributed by atoms with van der Waals surface area (Å²) in [6.07, 6.45) is 6.69. The van der Waals surface area contributed by atoms with Crippen molar-refractivity contribution in [3.05, 3.63) is 47.7 Å². The lowest BCUT2D eigenvalue weighted by Gasteiger charge is -2.27. The van der Waals surface area contributed by atoms with Gasteiger partial charge in [-0.3, -0.25) is 9.59 Å². The van der Waals surface area contributed by atoms with Crippen molar-refractivity contribution in [3.8, 4) is 0 Å². The second kappa shape index (κ2) is 8.84. The lowest BCUT2D eigenvalue weighted by molar-refractivity contribution is -0.132. The van der Waals surface area contributed by atoms with Crippen LogP contribution < -0.4 is 15.1 Å². The van der Waals surface area contributed by atoms with Gasteiger partial charge in [-0.05, 0) is 49.5 Å². The zero-order valence-corrected chi connectivity index (χ0v) is 19.3. The fourth-order valence-electron chi connectivity index (χ4n) is 4.50. The molecule has 1 N–H and O–H groups in total. The molecule has 0 bridgehead atoms. The highest BCUT2D eigenvalue weighted by atomic mass is 16.2. The minimum Gasteiger partial charge on any atom is -0.357 e. The number of fused-ring (bicyclic) bond motifs is 1. The molecule has 2 aromatic rings. The van der Waals surface area contributed by atoms with E-state index >= 15 is 0 Å². The van der Waals surface area contributed by atoms with Gasteiger partial charge in [0, 0.05) is 57.6 Å². The van der Waals surface area contributed by atoms with Crippen LogP contribution in [0.4, 0.5) is 17.5 Å². The van der Waals surface area contributed by atoms with Gasteiger partial charge in [-0.25, -0.2) is 4.98 Å². The summed E-state index contributed by atoms with van der Waals surface area (Å²) in [5, 5.41) is 3.12.